The van der Waals surface area contributed by atoms with Crippen molar-refractivity contribution < 1.29 is 14.3 Å². The maximum absolute atomic E-state index is 11.6. The summed E-state index contributed by atoms with van der Waals surface area (Å²) in [6, 6.07) is 5.03. The minimum Gasteiger partial charge on any atom is -0.462 e. The lowest BCUT2D eigenvalue weighted by molar-refractivity contribution is -0.116. The summed E-state index contributed by atoms with van der Waals surface area (Å²) in [4.78, 5) is 22.7. The average molecular weight is 241 g/mol. The molecule has 3 nitrogen and oxygen atoms in total. The van der Waals surface area contributed by atoms with Crippen molar-refractivity contribution >= 4 is 23.4 Å². The van der Waals surface area contributed by atoms with Gasteiger partial charge in [0, 0.05) is 6.42 Å². The van der Waals surface area contributed by atoms with Crippen LogP contribution < -0.4 is 0 Å². The molecule has 0 saturated heterocycles. The molecule has 0 amide bonds. The second-order valence-electron chi connectivity index (χ2n) is 3.37. The molecule has 0 bridgehead atoms. The Bertz CT molecular complexity index is 413. The van der Waals surface area contributed by atoms with E-state index in [1.807, 2.05) is 0 Å². The van der Waals surface area contributed by atoms with E-state index in [2.05, 4.69) is 0 Å². The third-order valence-electron chi connectivity index (χ3n) is 2.02. The van der Waals surface area contributed by atoms with Crippen LogP contribution in [0.25, 0.3) is 0 Å². The van der Waals surface area contributed by atoms with E-state index in [-0.39, 0.29) is 18.8 Å². The average Bonchev–Trinajstić information content (AvgIpc) is 2.16. The zero-order valence-electron chi connectivity index (χ0n) is 9.25. The number of esters is 1. The molecule has 1 aromatic carbocycles. The normalized spacial score (nSPS) is 9.94. The van der Waals surface area contributed by atoms with Gasteiger partial charge in [0.15, 0.2) is 0 Å². The van der Waals surface area contributed by atoms with Gasteiger partial charge >= 0.3 is 5.97 Å². The number of carbonyl (C=O) groups excluding carboxylic acids is 2. The monoisotopic (exact) mass is 240 g/mol. The highest BCUT2D eigenvalue weighted by atomic mass is 35.5. The van der Waals surface area contributed by atoms with Crippen LogP contribution in [0.5, 0.6) is 0 Å². The van der Waals surface area contributed by atoms with Crippen LogP contribution in [0, 0.1) is 0 Å². The molecule has 86 valence electrons. The van der Waals surface area contributed by atoms with Gasteiger partial charge in [-0.3, -0.25) is 4.79 Å². The molecular formula is C12H13ClO3. The molecule has 0 unspecified atom stereocenters. The van der Waals surface area contributed by atoms with Crippen molar-refractivity contribution in [2.45, 2.75) is 20.3 Å². The number of hydrogen-bond donors (Lipinski definition) is 0. The van der Waals surface area contributed by atoms with E-state index in [1.165, 1.54) is 6.92 Å². The van der Waals surface area contributed by atoms with Crippen LogP contribution in [-0.2, 0) is 16.0 Å². The number of hydrogen-bond acceptors (Lipinski definition) is 3. The minimum atomic E-state index is -0.482. The molecule has 16 heavy (non-hydrogen) atoms. The quantitative estimate of drug-likeness (QED) is 0.760. The highest BCUT2D eigenvalue weighted by Gasteiger charge is 2.17. The van der Waals surface area contributed by atoms with Gasteiger partial charge < -0.3 is 4.74 Å². The lowest BCUT2D eigenvalue weighted by atomic mass is 10.0. The van der Waals surface area contributed by atoms with E-state index in [0.717, 1.165) is 0 Å². The fraction of sp³-hybridized carbons (Fsp3) is 0.333. The highest BCUT2D eigenvalue weighted by molar-refractivity contribution is 6.33. The number of Topliss-reactive ketones (excluding diaryl/α,β-unsaturated/α-hetero) is 1. The summed E-state index contributed by atoms with van der Waals surface area (Å²) in [7, 11) is 0. The predicted octanol–water partition coefficient (Wildman–Crippen LogP) is 2.65. The SMILES string of the molecule is CCOC(=O)c1c(Cl)cccc1CC(C)=O. The molecule has 0 saturated carbocycles. The summed E-state index contributed by atoms with van der Waals surface area (Å²) in [6.07, 6.45) is 0.189. The number of rotatable bonds is 4. The molecule has 0 atom stereocenters. The van der Waals surface area contributed by atoms with E-state index in [0.29, 0.717) is 16.1 Å². The lowest BCUT2D eigenvalue weighted by Crippen LogP contribution is -2.11. The molecule has 0 aromatic heterocycles. The molecule has 0 heterocycles. The van der Waals surface area contributed by atoms with Gasteiger partial charge in [-0.1, -0.05) is 23.7 Å². The van der Waals surface area contributed by atoms with Gasteiger partial charge in [0.05, 0.1) is 17.2 Å². The molecule has 4 heteroatoms. The summed E-state index contributed by atoms with van der Waals surface area (Å²) in [5.41, 5.74) is 0.902. The van der Waals surface area contributed by atoms with Crippen LogP contribution in [0.2, 0.25) is 5.02 Å². The Labute approximate surface area is 99.4 Å². The fourth-order valence-corrected chi connectivity index (χ4v) is 1.69. The Hall–Kier alpha value is -1.35. The first-order valence-corrected chi connectivity index (χ1v) is 5.38. The van der Waals surface area contributed by atoms with E-state index in [1.54, 1.807) is 25.1 Å². The molecule has 0 aliphatic rings. The molecule has 0 aliphatic heterocycles. The summed E-state index contributed by atoms with van der Waals surface area (Å²) >= 11 is 5.93. The smallest absolute Gasteiger partial charge is 0.339 e. The van der Waals surface area contributed by atoms with Crippen molar-refractivity contribution in [1.82, 2.24) is 0 Å². The van der Waals surface area contributed by atoms with Gasteiger partial charge in [-0.05, 0) is 25.5 Å². The number of halogens is 1. The minimum absolute atomic E-state index is 0.0205. The summed E-state index contributed by atoms with van der Waals surface area (Å²) in [5, 5.41) is 0.317. The number of benzene rings is 1. The summed E-state index contributed by atoms with van der Waals surface area (Å²) < 4.78 is 4.90. The maximum Gasteiger partial charge on any atom is 0.339 e. The largest absolute Gasteiger partial charge is 0.462 e. The number of ether oxygens (including phenoxy) is 1. The summed E-state index contributed by atoms with van der Waals surface area (Å²) in [6.45, 7) is 3.47. The van der Waals surface area contributed by atoms with E-state index >= 15 is 0 Å². The lowest BCUT2D eigenvalue weighted by Gasteiger charge is -2.09. The second-order valence-corrected chi connectivity index (χ2v) is 3.78. The van der Waals surface area contributed by atoms with Crippen molar-refractivity contribution in [2.75, 3.05) is 6.61 Å². The third kappa shape index (κ3) is 3.07. The first-order chi connectivity index (χ1) is 7.56. The standard InChI is InChI=1S/C12H13ClO3/c1-3-16-12(15)11-9(7-8(2)14)5-4-6-10(11)13/h4-6H,3,7H2,1-2H3. The van der Waals surface area contributed by atoms with Crippen molar-refractivity contribution in [3.8, 4) is 0 Å². The predicted molar refractivity (Wildman–Crippen MR) is 61.8 cm³/mol. The van der Waals surface area contributed by atoms with Crippen LogP contribution in [0.4, 0.5) is 0 Å². The molecule has 0 radical (unpaired) electrons. The van der Waals surface area contributed by atoms with Gasteiger partial charge in [-0.25, -0.2) is 4.79 Å². The van der Waals surface area contributed by atoms with Crippen molar-refractivity contribution in [3.05, 3.63) is 34.3 Å². The molecule has 0 aliphatic carbocycles. The van der Waals surface area contributed by atoms with Gasteiger partial charge in [-0.15, -0.1) is 0 Å². The van der Waals surface area contributed by atoms with Crippen LogP contribution in [0.1, 0.15) is 29.8 Å². The van der Waals surface area contributed by atoms with Crippen molar-refractivity contribution in [3.63, 3.8) is 0 Å². The first-order valence-electron chi connectivity index (χ1n) is 5.00. The van der Waals surface area contributed by atoms with E-state index in [4.69, 9.17) is 16.3 Å². The van der Waals surface area contributed by atoms with Gasteiger partial charge in [-0.2, -0.15) is 0 Å². The summed E-state index contributed by atoms with van der Waals surface area (Å²) in [5.74, 6) is -0.503. The van der Waals surface area contributed by atoms with Crippen LogP contribution >= 0.6 is 11.6 Å². The molecule has 0 fully saturated rings. The van der Waals surface area contributed by atoms with Crippen LogP contribution in [-0.4, -0.2) is 18.4 Å². The number of ketones is 1. The Morgan fingerprint density at radius 3 is 2.62 bits per heavy atom. The van der Waals surface area contributed by atoms with Crippen molar-refractivity contribution in [1.29, 1.82) is 0 Å². The molecule has 1 aromatic rings. The fourth-order valence-electron chi connectivity index (χ4n) is 1.42. The molecule has 0 spiro atoms. The Kier molecular flexibility index (Phi) is 4.50. The van der Waals surface area contributed by atoms with Crippen LogP contribution in [0.15, 0.2) is 18.2 Å². The Balaban J connectivity index is 3.12. The Morgan fingerprint density at radius 1 is 1.38 bits per heavy atom. The topological polar surface area (TPSA) is 43.4 Å². The number of carbonyl (C=O) groups is 2. The Morgan fingerprint density at radius 2 is 2.06 bits per heavy atom. The van der Waals surface area contributed by atoms with E-state index in [9.17, 15) is 9.59 Å². The molecule has 0 N–H and O–H groups in total. The van der Waals surface area contributed by atoms with Gasteiger partial charge in [0.25, 0.3) is 0 Å². The zero-order valence-corrected chi connectivity index (χ0v) is 10.0. The second kappa shape index (κ2) is 5.66. The first kappa shape index (κ1) is 12.7. The highest BCUT2D eigenvalue weighted by Crippen LogP contribution is 2.21. The zero-order chi connectivity index (χ0) is 12.1. The molecular weight excluding hydrogens is 228 g/mol. The van der Waals surface area contributed by atoms with Gasteiger partial charge in [0.2, 0.25) is 0 Å². The van der Waals surface area contributed by atoms with Crippen LogP contribution in [0.3, 0.4) is 0 Å². The van der Waals surface area contributed by atoms with Gasteiger partial charge in [0.1, 0.15) is 5.78 Å². The van der Waals surface area contributed by atoms with Crippen molar-refractivity contribution in [2.24, 2.45) is 0 Å². The third-order valence-corrected chi connectivity index (χ3v) is 2.33. The van der Waals surface area contributed by atoms with E-state index < -0.39 is 5.97 Å². The molecule has 1 rings (SSSR count). The maximum atomic E-state index is 11.6.